The molecule has 14 heteroatoms. The van der Waals surface area contributed by atoms with Crippen molar-refractivity contribution in [2.75, 3.05) is 43.5 Å². The summed E-state index contributed by atoms with van der Waals surface area (Å²) in [5.74, 6) is -1.68. The van der Waals surface area contributed by atoms with E-state index in [1.807, 2.05) is 0 Å². The highest BCUT2D eigenvalue weighted by molar-refractivity contribution is 7.92. The lowest BCUT2D eigenvalue weighted by atomic mass is 9.90. The number of fused-ring (bicyclic) bond motifs is 1. The Hall–Kier alpha value is -3.65. The molecular weight excluding hydrogens is 614 g/mol. The van der Waals surface area contributed by atoms with Gasteiger partial charge in [-0.15, -0.1) is 0 Å². The second kappa shape index (κ2) is 12.8. The molecule has 2 fully saturated rings. The van der Waals surface area contributed by atoms with Crippen LogP contribution in [0, 0.1) is 11.6 Å². The minimum atomic E-state index is -4.39. The predicted octanol–water partition coefficient (Wildman–Crippen LogP) is 5.49. The van der Waals surface area contributed by atoms with Crippen molar-refractivity contribution < 1.29 is 26.7 Å². The quantitative estimate of drug-likeness (QED) is 0.257. The standard InChI is InChI=1S/C30H31ClF2N6O4S/c1-42-29-26(15-20(31)17-34-29)44(40,41)38-25-9-7-23(32)27(28(25)33)18-2-8-24-19(14-18)16-35-30(37-24)36-21-3-5-22(6-4-21)39-10-12-43-13-11-39/h2,7-9,14-17,21-22,38H,3-6,10-13H2,1H3,(H,35,36,37). The Kier molecular flexibility index (Phi) is 8.81. The van der Waals surface area contributed by atoms with Crippen molar-refractivity contribution in [3.8, 4) is 17.0 Å². The number of halogens is 3. The molecule has 10 nitrogen and oxygen atoms in total. The molecule has 0 spiro atoms. The van der Waals surface area contributed by atoms with Crippen molar-refractivity contribution in [2.45, 2.75) is 42.7 Å². The van der Waals surface area contributed by atoms with Crippen molar-refractivity contribution >= 4 is 44.2 Å². The molecule has 0 bridgehead atoms. The summed E-state index contributed by atoms with van der Waals surface area (Å²) in [5.41, 5.74) is -0.0575. The number of hydrogen-bond donors (Lipinski definition) is 2. The average Bonchev–Trinajstić information content (AvgIpc) is 3.03. The van der Waals surface area contributed by atoms with Crippen LogP contribution < -0.4 is 14.8 Å². The highest BCUT2D eigenvalue weighted by Gasteiger charge is 2.28. The van der Waals surface area contributed by atoms with Gasteiger partial charge in [-0.05, 0) is 61.6 Å². The minimum absolute atomic E-state index is 0.0411. The summed E-state index contributed by atoms with van der Waals surface area (Å²) in [5, 5.41) is 4.06. The number of ether oxygens (including phenoxy) is 2. The van der Waals surface area contributed by atoms with Crippen molar-refractivity contribution in [1.82, 2.24) is 19.9 Å². The van der Waals surface area contributed by atoms with Gasteiger partial charge in [-0.3, -0.25) is 9.62 Å². The number of sulfonamides is 1. The number of hydrogen-bond acceptors (Lipinski definition) is 9. The summed E-state index contributed by atoms with van der Waals surface area (Å²) in [4.78, 5) is 15.1. The lowest BCUT2D eigenvalue weighted by Gasteiger charge is -2.38. The number of pyridine rings is 1. The maximum absolute atomic E-state index is 15.7. The third kappa shape index (κ3) is 6.41. The second-order valence-electron chi connectivity index (χ2n) is 10.8. The lowest BCUT2D eigenvalue weighted by Crippen LogP contribution is -2.46. The maximum Gasteiger partial charge on any atom is 0.267 e. The molecule has 44 heavy (non-hydrogen) atoms. The van der Waals surface area contributed by atoms with E-state index in [9.17, 15) is 12.8 Å². The summed E-state index contributed by atoms with van der Waals surface area (Å²) in [6, 6.07) is 8.73. The Morgan fingerprint density at radius 2 is 1.80 bits per heavy atom. The minimum Gasteiger partial charge on any atom is -0.480 e. The highest BCUT2D eigenvalue weighted by Crippen LogP contribution is 2.34. The van der Waals surface area contributed by atoms with E-state index in [0.29, 0.717) is 22.9 Å². The number of rotatable bonds is 8. The average molecular weight is 645 g/mol. The fraction of sp³-hybridized carbons (Fsp3) is 0.367. The van der Waals surface area contributed by atoms with Gasteiger partial charge in [0, 0.05) is 43.0 Å². The summed E-state index contributed by atoms with van der Waals surface area (Å²) < 4.78 is 69.5. The van der Waals surface area contributed by atoms with Crippen molar-refractivity contribution in [2.24, 2.45) is 0 Å². The molecule has 6 rings (SSSR count). The van der Waals surface area contributed by atoms with Gasteiger partial charge in [0.1, 0.15) is 5.82 Å². The molecule has 4 aromatic rings. The van der Waals surface area contributed by atoms with Crippen LogP contribution in [0.3, 0.4) is 0 Å². The van der Waals surface area contributed by atoms with E-state index in [0.717, 1.165) is 70.2 Å². The van der Waals surface area contributed by atoms with Gasteiger partial charge < -0.3 is 14.8 Å². The first kappa shape index (κ1) is 30.4. The lowest BCUT2D eigenvalue weighted by molar-refractivity contribution is 0.00790. The number of nitrogens with zero attached hydrogens (tertiary/aromatic N) is 4. The highest BCUT2D eigenvalue weighted by atomic mass is 35.5. The number of nitrogens with one attached hydrogen (secondary N) is 2. The van der Waals surface area contributed by atoms with Crippen LogP contribution in [0.2, 0.25) is 5.02 Å². The summed E-state index contributed by atoms with van der Waals surface area (Å²) in [7, 11) is -3.15. The Labute approximate surface area is 258 Å². The van der Waals surface area contributed by atoms with Crippen LogP contribution in [0.5, 0.6) is 5.88 Å². The third-order valence-electron chi connectivity index (χ3n) is 8.06. The first-order valence-electron chi connectivity index (χ1n) is 14.3. The Morgan fingerprint density at radius 1 is 1.02 bits per heavy atom. The van der Waals surface area contributed by atoms with Gasteiger partial charge in [0.2, 0.25) is 11.8 Å². The topological polar surface area (TPSA) is 119 Å². The van der Waals surface area contributed by atoms with Crippen LogP contribution in [0.4, 0.5) is 20.4 Å². The molecule has 0 radical (unpaired) electrons. The van der Waals surface area contributed by atoms with E-state index in [1.54, 1.807) is 18.3 Å². The fourth-order valence-corrected chi connectivity index (χ4v) is 7.25. The maximum atomic E-state index is 15.7. The van der Waals surface area contributed by atoms with E-state index >= 15 is 4.39 Å². The SMILES string of the molecule is COc1ncc(Cl)cc1S(=O)(=O)Nc1ccc(F)c(-c2ccc3nc(NC4CCC(N5CCOCC5)CC4)ncc3c2)c1F. The van der Waals surface area contributed by atoms with Gasteiger partial charge in [0.15, 0.2) is 10.7 Å². The number of morpholine rings is 1. The number of anilines is 2. The predicted molar refractivity (Wildman–Crippen MR) is 164 cm³/mol. The van der Waals surface area contributed by atoms with Gasteiger partial charge >= 0.3 is 0 Å². The molecule has 232 valence electrons. The molecule has 3 heterocycles. The number of benzene rings is 2. The molecule has 0 amide bonds. The van der Waals surface area contributed by atoms with Crippen LogP contribution in [-0.2, 0) is 14.8 Å². The molecule has 1 saturated heterocycles. The summed E-state index contributed by atoms with van der Waals surface area (Å²) >= 11 is 5.93. The first-order chi connectivity index (χ1) is 21.2. The molecule has 2 N–H and O–H groups in total. The van der Waals surface area contributed by atoms with Crippen LogP contribution in [-0.4, -0.2) is 73.8 Å². The number of aromatic nitrogens is 3. The van der Waals surface area contributed by atoms with E-state index in [2.05, 4.69) is 29.9 Å². The van der Waals surface area contributed by atoms with E-state index in [4.69, 9.17) is 21.1 Å². The smallest absolute Gasteiger partial charge is 0.267 e. The van der Waals surface area contributed by atoms with Gasteiger partial charge in [-0.2, -0.15) is 0 Å². The molecule has 0 unspecified atom stereocenters. The van der Waals surface area contributed by atoms with E-state index in [-0.39, 0.29) is 22.5 Å². The van der Waals surface area contributed by atoms with Crippen LogP contribution in [0.25, 0.3) is 22.0 Å². The monoisotopic (exact) mass is 644 g/mol. The second-order valence-corrected chi connectivity index (χ2v) is 12.9. The molecule has 2 aromatic heterocycles. The van der Waals surface area contributed by atoms with Gasteiger partial charge in [0.05, 0.1) is 42.1 Å². The summed E-state index contributed by atoms with van der Waals surface area (Å²) in [6.45, 7) is 3.57. The molecule has 1 saturated carbocycles. The molecule has 1 aliphatic heterocycles. The molecular formula is C30H31ClF2N6O4S. The molecule has 2 aromatic carbocycles. The Bertz CT molecular complexity index is 1780. The third-order valence-corrected chi connectivity index (χ3v) is 9.63. The van der Waals surface area contributed by atoms with Gasteiger partial charge in [-0.25, -0.2) is 32.2 Å². The van der Waals surface area contributed by atoms with Crippen molar-refractivity contribution in [3.63, 3.8) is 0 Å². The normalized spacial score (nSPS) is 19.5. The first-order valence-corrected chi connectivity index (χ1v) is 16.1. The number of methoxy groups -OCH3 is 1. The zero-order valence-corrected chi connectivity index (χ0v) is 25.5. The van der Waals surface area contributed by atoms with Crippen molar-refractivity contribution in [3.05, 3.63) is 65.4 Å². The molecule has 2 aliphatic rings. The largest absolute Gasteiger partial charge is 0.480 e. The van der Waals surface area contributed by atoms with E-state index < -0.39 is 37.8 Å². The fourth-order valence-electron chi connectivity index (χ4n) is 5.82. The van der Waals surface area contributed by atoms with Crippen LogP contribution in [0.1, 0.15) is 25.7 Å². The van der Waals surface area contributed by atoms with Crippen LogP contribution >= 0.6 is 11.6 Å². The Morgan fingerprint density at radius 3 is 2.55 bits per heavy atom. The molecule has 1 aliphatic carbocycles. The summed E-state index contributed by atoms with van der Waals surface area (Å²) in [6.07, 6.45) is 7.06. The zero-order valence-electron chi connectivity index (χ0n) is 23.9. The van der Waals surface area contributed by atoms with Gasteiger partial charge in [-0.1, -0.05) is 17.7 Å². The van der Waals surface area contributed by atoms with Crippen molar-refractivity contribution in [1.29, 1.82) is 0 Å². The molecule has 0 atom stereocenters. The van der Waals surface area contributed by atoms with Crippen LogP contribution in [0.15, 0.2) is 53.7 Å². The van der Waals surface area contributed by atoms with Gasteiger partial charge in [0.25, 0.3) is 10.0 Å². The Balaban J connectivity index is 1.19. The van der Waals surface area contributed by atoms with E-state index in [1.165, 1.54) is 19.4 Å². The zero-order chi connectivity index (χ0) is 30.8.